The van der Waals surface area contributed by atoms with Crippen molar-refractivity contribution in [3.8, 4) is 0 Å². The van der Waals surface area contributed by atoms with Gasteiger partial charge in [-0.25, -0.2) is 9.59 Å². The van der Waals surface area contributed by atoms with Crippen molar-refractivity contribution in [2.45, 2.75) is 37.0 Å². The number of carboxylic acid groups (broad SMARTS) is 2. The van der Waals surface area contributed by atoms with E-state index in [0.29, 0.717) is 0 Å². The van der Waals surface area contributed by atoms with Crippen molar-refractivity contribution < 1.29 is 34.1 Å². The van der Waals surface area contributed by atoms with E-state index in [1.54, 1.807) is 12.2 Å². The summed E-state index contributed by atoms with van der Waals surface area (Å²) in [6.45, 7) is 0.0725. The van der Waals surface area contributed by atoms with Gasteiger partial charge in [0, 0.05) is 6.42 Å². The molecule has 4 atom stereocenters. The van der Waals surface area contributed by atoms with Gasteiger partial charge in [0.25, 0.3) is 0 Å². The number of amides is 2. The third kappa shape index (κ3) is 4.50. The first kappa shape index (κ1) is 23.0. The lowest BCUT2D eigenvalue weighted by molar-refractivity contribution is -0.168. The molecular weight excluding hydrogens is 440 g/mol. The molecule has 0 aliphatic carbocycles. The van der Waals surface area contributed by atoms with Crippen LogP contribution in [0.4, 0.5) is 4.79 Å². The largest absolute Gasteiger partial charge is 0.481 e. The lowest BCUT2D eigenvalue weighted by Crippen LogP contribution is -2.73. The summed E-state index contributed by atoms with van der Waals surface area (Å²) in [5.41, 5.74) is 1.63. The van der Waals surface area contributed by atoms with Crippen LogP contribution in [-0.4, -0.2) is 68.7 Å². The molecule has 2 aliphatic rings. The Bertz CT molecular complexity index is 1100. The zero-order valence-electron chi connectivity index (χ0n) is 18.2. The Hall–Kier alpha value is -4.14. The lowest BCUT2D eigenvalue weighted by atomic mass is 9.87. The average Bonchev–Trinajstić information content (AvgIpc) is 3.20. The predicted octanol–water partition coefficient (Wildman–Crippen LogP) is 2.79. The molecule has 3 unspecified atom stereocenters. The topological polar surface area (TPSA) is 124 Å². The molecule has 0 spiro atoms. The number of carboxylic acids is 2. The normalized spacial score (nSPS) is 23.0. The van der Waals surface area contributed by atoms with Crippen molar-refractivity contribution in [3.63, 3.8) is 0 Å². The molecule has 2 saturated heterocycles. The fourth-order valence-electron chi connectivity index (χ4n) is 4.45. The highest BCUT2D eigenvalue weighted by atomic mass is 16.6. The van der Waals surface area contributed by atoms with Crippen LogP contribution < -0.4 is 0 Å². The molecule has 2 heterocycles. The summed E-state index contributed by atoms with van der Waals surface area (Å²) in [5, 5.41) is 18.8. The molecule has 9 nitrogen and oxygen atoms in total. The molecule has 2 N–H and O–H groups in total. The van der Waals surface area contributed by atoms with Crippen molar-refractivity contribution in [2.24, 2.45) is 0 Å². The van der Waals surface area contributed by atoms with E-state index in [9.17, 15) is 24.3 Å². The van der Waals surface area contributed by atoms with Crippen LogP contribution in [0.1, 0.15) is 30.0 Å². The summed E-state index contributed by atoms with van der Waals surface area (Å²) < 4.78 is 5.27. The van der Waals surface area contributed by atoms with E-state index in [2.05, 4.69) is 0 Å². The second-order valence-corrected chi connectivity index (χ2v) is 8.15. The second kappa shape index (κ2) is 9.78. The maximum atomic E-state index is 13.3. The zero-order chi connectivity index (χ0) is 24.2. The maximum absolute atomic E-state index is 13.3. The van der Waals surface area contributed by atoms with Crippen molar-refractivity contribution in [2.75, 3.05) is 6.61 Å². The molecule has 34 heavy (non-hydrogen) atoms. The quantitative estimate of drug-likeness (QED) is 0.547. The number of carbonyl (C=O) groups is 4. The highest BCUT2D eigenvalue weighted by Gasteiger charge is 2.58. The molecule has 0 aromatic heterocycles. The number of nitrogens with zero attached hydrogens (tertiary/aromatic N) is 2. The van der Waals surface area contributed by atoms with E-state index >= 15 is 0 Å². The Balaban J connectivity index is 1.68. The van der Waals surface area contributed by atoms with E-state index < -0.39 is 54.5 Å². The highest BCUT2D eigenvalue weighted by Crippen LogP contribution is 2.38. The Morgan fingerprint density at radius 2 is 1.68 bits per heavy atom. The van der Waals surface area contributed by atoms with Crippen molar-refractivity contribution >= 4 is 30.0 Å². The Morgan fingerprint density at radius 3 is 2.29 bits per heavy atom. The molecule has 2 aromatic rings. The first-order chi connectivity index (χ1) is 16.4. The predicted molar refractivity (Wildman–Crippen MR) is 121 cm³/mol. The highest BCUT2D eigenvalue weighted by molar-refractivity contribution is 5.97. The summed E-state index contributed by atoms with van der Waals surface area (Å²) >= 11 is 0. The average molecular weight is 464 g/mol. The van der Waals surface area contributed by atoms with Crippen molar-refractivity contribution in [1.29, 1.82) is 0 Å². The van der Waals surface area contributed by atoms with Gasteiger partial charge in [-0.05, 0) is 17.5 Å². The van der Waals surface area contributed by atoms with Gasteiger partial charge in [0.2, 0.25) is 5.91 Å². The molecule has 2 aromatic carbocycles. The number of β-lactam (4-membered cyclic amide) rings is 1. The van der Waals surface area contributed by atoms with E-state index in [-0.39, 0.29) is 13.0 Å². The number of likely N-dealkylation sites (tertiary alicyclic amines) is 1. The minimum Gasteiger partial charge on any atom is -0.481 e. The molecule has 0 radical (unpaired) electrons. The molecule has 176 valence electrons. The van der Waals surface area contributed by atoms with Crippen molar-refractivity contribution in [1.82, 2.24) is 9.80 Å². The number of cyclic esters (lactones) is 1. The van der Waals surface area contributed by atoms with E-state index in [0.717, 1.165) is 16.0 Å². The summed E-state index contributed by atoms with van der Waals surface area (Å²) in [5.74, 6) is -3.01. The van der Waals surface area contributed by atoms with Crippen LogP contribution >= 0.6 is 0 Å². The number of hydrogen-bond donors (Lipinski definition) is 2. The number of ether oxygens (including phenoxy) is 1. The number of benzene rings is 2. The van der Waals surface area contributed by atoms with Gasteiger partial charge in [-0.3, -0.25) is 14.5 Å². The standard InChI is InChI=1S/C25H24N2O7/c28-21(29)14-13-19(24(31)32)26-18(12-11-16-7-3-1-4-8-16)22(23(26)30)27-20(15-34-25(27)33)17-9-5-2-6-10-17/h1-12,18-20,22H,13-15H2,(H,28,29)(H,31,32)/t18?,19?,20-,22?/m1/s1. The Kier molecular flexibility index (Phi) is 6.62. The van der Waals surface area contributed by atoms with E-state index in [1.165, 1.54) is 4.90 Å². The van der Waals surface area contributed by atoms with Crippen molar-refractivity contribution in [3.05, 3.63) is 77.9 Å². The van der Waals surface area contributed by atoms with Crippen LogP contribution in [-0.2, 0) is 19.1 Å². The molecule has 2 amide bonds. The van der Waals surface area contributed by atoms with E-state index in [1.807, 2.05) is 60.7 Å². The van der Waals surface area contributed by atoms with Gasteiger partial charge in [0.1, 0.15) is 18.7 Å². The molecule has 2 fully saturated rings. The third-order valence-electron chi connectivity index (χ3n) is 6.09. The summed E-state index contributed by atoms with van der Waals surface area (Å²) in [6.07, 6.45) is 2.14. The van der Waals surface area contributed by atoms with Crippen LogP contribution in [0.2, 0.25) is 0 Å². The number of carbonyl (C=O) groups excluding carboxylic acids is 2. The van der Waals surface area contributed by atoms with Crippen LogP contribution in [0.15, 0.2) is 66.7 Å². The Morgan fingerprint density at radius 1 is 1.03 bits per heavy atom. The van der Waals surface area contributed by atoms with E-state index in [4.69, 9.17) is 9.84 Å². The fraction of sp³-hybridized carbons (Fsp3) is 0.280. The van der Waals surface area contributed by atoms with Crippen LogP contribution in [0, 0.1) is 0 Å². The number of hydrogen-bond acceptors (Lipinski definition) is 5. The third-order valence-corrected chi connectivity index (χ3v) is 6.09. The molecule has 4 rings (SSSR count). The summed E-state index contributed by atoms with van der Waals surface area (Å²) in [4.78, 5) is 51.6. The van der Waals surface area contributed by atoms with Gasteiger partial charge in [-0.1, -0.05) is 72.8 Å². The zero-order valence-corrected chi connectivity index (χ0v) is 18.2. The van der Waals surface area contributed by atoms with Gasteiger partial charge in [0.15, 0.2) is 0 Å². The van der Waals surface area contributed by atoms with Gasteiger partial charge in [-0.15, -0.1) is 0 Å². The molecule has 0 bridgehead atoms. The minimum atomic E-state index is -1.33. The minimum absolute atomic E-state index is 0.0725. The Labute approximate surface area is 195 Å². The first-order valence-corrected chi connectivity index (χ1v) is 10.9. The van der Waals surface area contributed by atoms with Crippen LogP contribution in [0.25, 0.3) is 6.08 Å². The van der Waals surface area contributed by atoms with Gasteiger partial charge in [-0.2, -0.15) is 0 Å². The molecule has 0 saturated carbocycles. The second-order valence-electron chi connectivity index (χ2n) is 8.15. The monoisotopic (exact) mass is 464 g/mol. The van der Waals surface area contributed by atoms with Gasteiger partial charge in [0.05, 0.1) is 12.1 Å². The fourth-order valence-corrected chi connectivity index (χ4v) is 4.45. The smallest absolute Gasteiger partial charge is 0.411 e. The molecule has 9 heteroatoms. The molecular formula is C25H24N2O7. The van der Waals surface area contributed by atoms with Gasteiger partial charge < -0.3 is 19.8 Å². The maximum Gasteiger partial charge on any atom is 0.411 e. The number of rotatable bonds is 9. The molecule has 2 aliphatic heterocycles. The van der Waals surface area contributed by atoms with Crippen LogP contribution in [0.5, 0.6) is 0 Å². The van der Waals surface area contributed by atoms with Crippen LogP contribution in [0.3, 0.4) is 0 Å². The SMILES string of the molecule is O=C(O)CCC(C(=O)O)N1C(=O)C(N2C(=O)OC[C@@H]2c2ccccc2)C1C=Cc1ccccc1. The number of aliphatic carboxylic acids is 2. The summed E-state index contributed by atoms with van der Waals surface area (Å²) in [6, 6.07) is 14.8. The first-order valence-electron chi connectivity index (χ1n) is 10.9. The lowest BCUT2D eigenvalue weighted by Gasteiger charge is -2.51. The van der Waals surface area contributed by atoms with Gasteiger partial charge >= 0.3 is 18.0 Å². The summed E-state index contributed by atoms with van der Waals surface area (Å²) in [7, 11) is 0.